The molecule has 2 N–H and O–H groups in total. The number of thiophene rings is 1. The van der Waals surface area contributed by atoms with Crippen LogP contribution in [-0.2, 0) is 4.79 Å². The minimum absolute atomic E-state index is 0.0237. The van der Waals surface area contributed by atoms with Gasteiger partial charge in [0.05, 0.1) is 19.3 Å². The summed E-state index contributed by atoms with van der Waals surface area (Å²) in [5, 5.41) is 15.0. The van der Waals surface area contributed by atoms with Gasteiger partial charge in [-0.05, 0) is 54.0 Å². The Morgan fingerprint density at radius 1 is 1.32 bits per heavy atom. The lowest BCUT2D eigenvalue weighted by atomic mass is 10.0. The summed E-state index contributed by atoms with van der Waals surface area (Å²) in [7, 11) is 0. The molecule has 1 fully saturated rings. The molecule has 1 aliphatic carbocycles. The Kier molecular flexibility index (Phi) is 7.13. The van der Waals surface area contributed by atoms with Crippen LogP contribution in [0, 0.1) is 18.8 Å². The third-order valence-corrected chi connectivity index (χ3v) is 6.80. The fourth-order valence-corrected chi connectivity index (χ4v) is 4.58. The van der Waals surface area contributed by atoms with Gasteiger partial charge in [-0.1, -0.05) is 38.8 Å². The Hall–Kier alpha value is -1.85. The van der Waals surface area contributed by atoms with Crippen LogP contribution in [0.4, 0.5) is 0 Å². The lowest BCUT2D eigenvalue weighted by Gasteiger charge is -2.20. The first-order valence-electron chi connectivity index (χ1n) is 10.2. The smallest absolute Gasteiger partial charge is 0.224 e. The van der Waals surface area contributed by atoms with Crippen molar-refractivity contribution in [2.75, 3.05) is 13.2 Å². The summed E-state index contributed by atoms with van der Waals surface area (Å²) >= 11 is 1.71. The first-order chi connectivity index (χ1) is 13.6. The van der Waals surface area contributed by atoms with Crippen molar-refractivity contribution in [2.24, 2.45) is 11.8 Å². The molecule has 0 spiro atoms. The van der Waals surface area contributed by atoms with Crippen molar-refractivity contribution in [3.8, 4) is 5.75 Å². The maximum absolute atomic E-state index is 12.6. The van der Waals surface area contributed by atoms with Gasteiger partial charge in [0.2, 0.25) is 5.91 Å². The van der Waals surface area contributed by atoms with Crippen LogP contribution in [0.3, 0.4) is 0 Å². The van der Waals surface area contributed by atoms with Gasteiger partial charge in [-0.3, -0.25) is 4.79 Å². The highest BCUT2D eigenvalue weighted by Gasteiger charge is 2.45. The molecule has 3 rings (SSSR count). The number of aliphatic hydroxyl groups excluding tert-OH is 1. The van der Waals surface area contributed by atoms with Crippen molar-refractivity contribution >= 4 is 17.2 Å². The zero-order chi connectivity index (χ0) is 20.1. The molecule has 1 saturated carbocycles. The maximum Gasteiger partial charge on any atom is 0.224 e. The monoisotopic (exact) mass is 401 g/mol. The van der Waals surface area contributed by atoms with Crippen molar-refractivity contribution < 1.29 is 14.6 Å². The summed E-state index contributed by atoms with van der Waals surface area (Å²) < 4.78 is 5.94. The number of rotatable bonds is 10. The Morgan fingerprint density at radius 2 is 2.11 bits per heavy atom. The van der Waals surface area contributed by atoms with E-state index in [1.165, 1.54) is 4.88 Å². The fraction of sp³-hybridized carbons (Fsp3) is 0.522. The number of amides is 1. The van der Waals surface area contributed by atoms with Crippen LogP contribution in [0.5, 0.6) is 5.75 Å². The van der Waals surface area contributed by atoms with Gasteiger partial charge in [0.25, 0.3) is 0 Å². The van der Waals surface area contributed by atoms with Gasteiger partial charge in [0.1, 0.15) is 5.75 Å². The SMILES string of the molecule is CCC(CC)COc1ccc([C@H](CO)NC(=O)[C@H]2C[C@@H]2c2cccs2)c(C)c1. The average Bonchev–Trinajstić information content (AvgIpc) is 3.32. The summed E-state index contributed by atoms with van der Waals surface area (Å²) in [4.78, 5) is 13.9. The van der Waals surface area contributed by atoms with Gasteiger partial charge >= 0.3 is 0 Å². The molecule has 4 nitrogen and oxygen atoms in total. The summed E-state index contributed by atoms with van der Waals surface area (Å²) in [5.41, 5.74) is 1.96. The summed E-state index contributed by atoms with van der Waals surface area (Å²) in [6.45, 7) is 6.97. The molecule has 3 atom stereocenters. The minimum Gasteiger partial charge on any atom is -0.493 e. The molecule has 28 heavy (non-hydrogen) atoms. The lowest BCUT2D eigenvalue weighted by Crippen LogP contribution is -2.32. The number of aliphatic hydroxyl groups is 1. The number of nitrogens with one attached hydrogen (secondary N) is 1. The Bertz CT molecular complexity index is 770. The van der Waals surface area contributed by atoms with Gasteiger partial charge in [0.15, 0.2) is 0 Å². The molecule has 0 aliphatic heterocycles. The number of hydrogen-bond acceptors (Lipinski definition) is 4. The third kappa shape index (κ3) is 4.95. The standard InChI is InChI=1S/C23H31NO3S/c1-4-16(5-2)14-27-17-8-9-18(15(3)11-17)21(13-25)24-23(26)20-12-19(20)22-7-6-10-28-22/h6-11,16,19-21,25H,4-5,12-14H2,1-3H3,(H,24,26)/t19-,20-,21-/m0/s1. The molecule has 152 valence electrons. The van der Waals surface area contributed by atoms with E-state index in [1.54, 1.807) is 11.3 Å². The molecule has 0 saturated heterocycles. The fourth-order valence-electron chi connectivity index (χ4n) is 3.67. The number of ether oxygens (including phenoxy) is 1. The van der Waals surface area contributed by atoms with Gasteiger partial charge < -0.3 is 15.2 Å². The van der Waals surface area contributed by atoms with Crippen molar-refractivity contribution in [3.63, 3.8) is 0 Å². The number of carbonyl (C=O) groups excluding carboxylic acids is 1. The van der Waals surface area contributed by atoms with E-state index in [0.717, 1.165) is 42.7 Å². The van der Waals surface area contributed by atoms with Gasteiger partial charge in [-0.15, -0.1) is 11.3 Å². The van der Waals surface area contributed by atoms with Crippen LogP contribution in [0.2, 0.25) is 0 Å². The second-order valence-corrected chi connectivity index (χ2v) is 8.70. The minimum atomic E-state index is -0.384. The average molecular weight is 402 g/mol. The maximum atomic E-state index is 12.6. The van der Waals surface area contributed by atoms with E-state index < -0.39 is 0 Å². The molecular formula is C23H31NO3S. The molecule has 1 aliphatic rings. The van der Waals surface area contributed by atoms with Gasteiger partial charge in [-0.25, -0.2) is 0 Å². The van der Waals surface area contributed by atoms with Crippen LogP contribution in [0.15, 0.2) is 35.7 Å². The number of aryl methyl sites for hydroxylation is 1. The Morgan fingerprint density at radius 3 is 2.71 bits per heavy atom. The predicted octanol–water partition coefficient (Wildman–Crippen LogP) is 4.82. The van der Waals surface area contributed by atoms with Gasteiger partial charge in [-0.2, -0.15) is 0 Å². The highest BCUT2D eigenvalue weighted by atomic mass is 32.1. The van der Waals surface area contributed by atoms with Crippen LogP contribution >= 0.6 is 11.3 Å². The molecular weight excluding hydrogens is 370 g/mol. The van der Waals surface area contributed by atoms with E-state index in [4.69, 9.17) is 4.74 Å². The lowest BCUT2D eigenvalue weighted by molar-refractivity contribution is -0.123. The van der Waals surface area contributed by atoms with Crippen molar-refractivity contribution in [3.05, 3.63) is 51.7 Å². The van der Waals surface area contributed by atoms with E-state index >= 15 is 0 Å². The number of hydrogen-bond donors (Lipinski definition) is 2. The van der Waals surface area contributed by atoms with E-state index in [1.807, 2.05) is 31.2 Å². The highest BCUT2D eigenvalue weighted by Crippen LogP contribution is 2.49. The third-order valence-electron chi connectivity index (χ3n) is 5.79. The molecule has 1 amide bonds. The topological polar surface area (TPSA) is 58.6 Å². The molecule has 0 unspecified atom stereocenters. The second-order valence-electron chi connectivity index (χ2n) is 7.72. The predicted molar refractivity (Wildman–Crippen MR) is 114 cm³/mol. The zero-order valence-electron chi connectivity index (χ0n) is 17.0. The Balaban J connectivity index is 1.60. The number of benzene rings is 1. The molecule has 1 aromatic carbocycles. The van der Waals surface area contributed by atoms with Gasteiger partial charge in [0, 0.05) is 16.7 Å². The second kappa shape index (κ2) is 9.57. The first kappa shape index (κ1) is 20.9. The molecule has 1 heterocycles. The van der Waals surface area contributed by atoms with Crippen molar-refractivity contribution in [2.45, 2.75) is 52.0 Å². The highest BCUT2D eigenvalue weighted by molar-refractivity contribution is 7.10. The molecule has 0 radical (unpaired) electrons. The summed E-state index contributed by atoms with van der Waals surface area (Å²) in [6.07, 6.45) is 3.12. The van der Waals surface area contributed by atoms with Crippen LogP contribution < -0.4 is 10.1 Å². The number of carbonyl (C=O) groups is 1. The largest absolute Gasteiger partial charge is 0.493 e. The molecule has 5 heteroatoms. The van der Waals surface area contributed by atoms with Crippen LogP contribution in [0.1, 0.15) is 61.1 Å². The quantitative estimate of drug-likeness (QED) is 0.600. The molecule has 2 aromatic rings. The Labute approximate surface area is 171 Å². The summed E-state index contributed by atoms with van der Waals surface area (Å²) in [6, 6.07) is 9.63. The normalized spacial score (nSPS) is 19.5. The van der Waals surface area contributed by atoms with Crippen LogP contribution in [0.25, 0.3) is 0 Å². The zero-order valence-corrected chi connectivity index (χ0v) is 17.8. The van der Waals surface area contributed by atoms with E-state index in [9.17, 15) is 9.90 Å². The van der Waals surface area contributed by atoms with Crippen molar-refractivity contribution in [1.29, 1.82) is 0 Å². The molecule has 1 aromatic heterocycles. The van der Waals surface area contributed by atoms with E-state index in [-0.39, 0.29) is 24.5 Å². The van der Waals surface area contributed by atoms with Crippen molar-refractivity contribution in [1.82, 2.24) is 5.32 Å². The molecule has 0 bridgehead atoms. The van der Waals surface area contributed by atoms with E-state index in [0.29, 0.717) is 11.8 Å². The van der Waals surface area contributed by atoms with Crippen LogP contribution in [-0.4, -0.2) is 24.2 Å². The summed E-state index contributed by atoms with van der Waals surface area (Å²) in [5.74, 6) is 1.80. The first-order valence-corrected chi connectivity index (χ1v) is 11.1. The van der Waals surface area contributed by atoms with E-state index in [2.05, 4.69) is 30.6 Å².